The first-order chi connectivity index (χ1) is 7.50. The van der Waals surface area contributed by atoms with Gasteiger partial charge in [-0.2, -0.15) is 0 Å². The van der Waals surface area contributed by atoms with Gasteiger partial charge >= 0.3 is 0 Å². The van der Waals surface area contributed by atoms with E-state index in [4.69, 9.17) is 5.73 Å². The summed E-state index contributed by atoms with van der Waals surface area (Å²) < 4.78 is 0. The van der Waals surface area contributed by atoms with Crippen molar-refractivity contribution in [3.05, 3.63) is 29.8 Å². The summed E-state index contributed by atoms with van der Waals surface area (Å²) in [6.45, 7) is 4.38. The van der Waals surface area contributed by atoms with Crippen LogP contribution in [0.2, 0.25) is 0 Å². The first-order valence-corrected chi connectivity index (χ1v) is 5.31. The summed E-state index contributed by atoms with van der Waals surface area (Å²) in [7, 11) is 0. The minimum Gasteiger partial charge on any atom is -0.508 e. The second kappa shape index (κ2) is 5.51. The van der Waals surface area contributed by atoms with E-state index in [-0.39, 0.29) is 23.6 Å². The molecule has 1 amide bonds. The Morgan fingerprint density at radius 3 is 2.69 bits per heavy atom. The SMILES string of the molecule is CC(C)C(NCc1cccc(O)c1)C(N)=O. The molecule has 1 aromatic rings. The van der Waals surface area contributed by atoms with Gasteiger partial charge in [-0.1, -0.05) is 26.0 Å². The zero-order valence-electron chi connectivity index (χ0n) is 9.60. The lowest BCUT2D eigenvalue weighted by molar-refractivity contribution is -0.121. The normalized spacial score (nSPS) is 12.7. The molecule has 1 atom stereocenters. The average Bonchev–Trinajstić information content (AvgIpc) is 2.16. The van der Waals surface area contributed by atoms with Crippen LogP contribution in [-0.4, -0.2) is 17.1 Å². The molecule has 0 aliphatic carbocycles. The number of nitrogens with two attached hydrogens (primary N) is 1. The van der Waals surface area contributed by atoms with Gasteiger partial charge in [-0.25, -0.2) is 0 Å². The van der Waals surface area contributed by atoms with Crippen LogP contribution in [0.15, 0.2) is 24.3 Å². The molecule has 4 nitrogen and oxygen atoms in total. The highest BCUT2D eigenvalue weighted by molar-refractivity contribution is 5.80. The Morgan fingerprint density at radius 2 is 2.19 bits per heavy atom. The maximum absolute atomic E-state index is 11.1. The summed E-state index contributed by atoms with van der Waals surface area (Å²) in [4.78, 5) is 11.1. The van der Waals surface area contributed by atoms with Gasteiger partial charge in [0.05, 0.1) is 6.04 Å². The van der Waals surface area contributed by atoms with Gasteiger partial charge in [0.2, 0.25) is 5.91 Å². The van der Waals surface area contributed by atoms with E-state index >= 15 is 0 Å². The van der Waals surface area contributed by atoms with Crippen molar-refractivity contribution in [2.24, 2.45) is 11.7 Å². The summed E-state index contributed by atoms with van der Waals surface area (Å²) in [5, 5.41) is 12.4. The van der Waals surface area contributed by atoms with Gasteiger partial charge in [-0.3, -0.25) is 4.79 Å². The first-order valence-electron chi connectivity index (χ1n) is 5.31. The topological polar surface area (TPSA) is 75.3 Å². The van der Waals surface area contributed by atoms with Gasteiger partial charge in [0.15, 0.2) is 0 Å². The average molecular weight is 222 g/mol. The van der Waals surface area contributed by atoms with Crippen molar-refractivity contribution in [1.82, 2.24) is 5.32 Å². The minimum atomic E-state index is -0.352. The molecule has 0 aromatic heterocycles. The van der Waals surface area contributed by atoms with Crippen LogP contribution in [0.3, 0.4) is 0 Å². The number of phenols is 1. The van der Waals surface area contributed by atoms with Gasteiger partial charge in [0.1, 0.15) is 5.75 Å². The second-order valence-electron chi connectivity index (χ2n) is 4.17. The van der Waals surface area contributed by atoms with Crippen LogP contribution in [0.25, 0.3) is 0 Å². The van der Waals surface area contributed by atoms with Crippen LogP contribution in [0, 0.1) is 5.92 Å². The van der Waals surface area contributed by atoms with Crippen molar-refractivity contribution in [3.63, 3.8) is 0 Å². The van der Waals surface area contributed by atoms with Crippen molar-refractivity contribution in [3.8, 4) is 5.75 Å². The van der Waals surface area contributed by atoms with E-state index < -0.39 is 0 Å². The van der Waals surface area contributed by atoms with Crippen molar-refractivity contribution < 1.29 is 9.90 Å². The fraction of sp³-hybridized carbons (Fsp3) is 0.417. The molecule has 1 rings (SSSR count). The molecule has 0 aliphatic heterocycles. The lowest BCUT2D eigenvalue weighted by atomic mass is 10.0. The van der Waals surface area contributed by atoms with Crippen LogP contribution < -0.4 is 11.1 Å². The zero-order chi connectivity index (χ0) is 12.1. The van der Waals surface area contributed by atoms with E-state index in [1.54, 1.807) is 18.2 Å². The number of carbonyl (C=O) groups is 1. The third kappa shape index (κ3) is 3.55. The molecule has 1 aromatic carbocycles. The first kappa shape index (κ1) is 12.5. The fourth-order valence-corrected chi connectivity index (χ4v) is 1.56. The Bertz CT molecular complexity index is 364. The Hall–Kier alpha value is -1.55. The van der Waals surface area contributed by atoms with Gasteiger partial charge < -0.3 is 16.2 Å². The second-order valence-corrected chi connectivity index (χ2v) is 4.17. The maximum atomic E-state index is 11.1. The van der Waals surface area contributed by atoms with Gasteiger partial charge in [0, 0.05) is 6.54 Å². The predicted molar refractivity (Wildman–Crippen MR) is 62.8 cm³/mol. The summed E-state index contributed by atoms with van der Waals surface area (Å²) in [5.41, 5.74) is 6.20. The zero-order valence-corrected chi connectivity index (χ0v) is 9.60. The molecule has 0 bridgehead atoms. The highest BCUT2D eigenvalue weighted by Gasteiger charge is 2.18. The van der Waals surface area contributed by atoms with Gasteiger partial charge in [0.25, 0.3) is 0 Å². The highest BCUT2D eigenvalue weighted by Crippen LogP contribution is 2.11. The molecule has 88 valence electrons. The van der Waals surface area contributed by atoms with E-state index in [1.807, 2.05) is 19.9 Å². The third-order valence-corrected chi connectivity index (χ3v) is 2.41. The quantitative estimate of drug-likeness (QED) is 0.695. The molecule has 16 heavy (non-hydrogen) atoms. The molecular weight excluding hydrogens is 204 g/mol. The van der Waals surface area contributed by atoms with E-state index in [0.29, 0.717) is 6.54 Å². The van der Waals surface area contributed by atoms with E-state index in [1.165, 1.54) is 0 Å². The van der Waals surface area contributed by atoms with E-state index in [9.17, 15) is 9.90 Å². The Labute approximate surface area is 95.5 Å². The maximum Gasteiger partial charge on any atom is 0.234 e. The largest absolute Gasteiger partial charge is 0.508 e. The molecule has 0 fully saturated rings. The smallest absolute Gasteiger partial charge is 0.234 e. The molecule has 4 N–H and O–H groups in total. The Morgan fingerprint density at radius 1 is 1.50 bits per heavy atom. The molecule has 4 heteroatoms. The van der Waals surface area contributed by atoms with E-state index in [0.717, 1.165) is 5.56 Å². The standard InChI is InChI=1S/C12H18N2O2/c1-8(2)11(12(13)16)14-7-9-4-3-5-10(15)6-9/h3-6,8,11,14-15H,7H2,1-2H3,(H2,13,16). The molecule has 0 aliphatic rings. The Kier molecular flexibility index (Phi) is 4.31. The van der Waals surface area contributed by atoms with Crippen LogP contribution in [-0.2, 0) is 11.3 Å². The molecule has 0 heterocycles. The summed E-state index contributed by atoms with van der Waals surface area (Å²) in [6, 6.07) is 6.57. The Balaban J connectivity index is 2.59. The molecule has 1 unspecified atom stereocenters. The number of primary amides is 1. The van der Waals surface area contributed by atoms with Crippen molar-refractivity contribution in [1.29, 1.82) is 0 Å². The molecule has 0 spiro atoms. The van der Waals surface area contributed by atoms with E-state index in [2.05, 4.69) is 5.32 Å². The van der Waals surface area contributed by atoms with Crippen molar-refractivity contribution in [2.75, 3.05) is 0 Å². The van der Waals surface area contributed by atoms with Crippen LogP contribution in [0.4, 0.5) is 0 Å². The molecule has 0 radical (unpaired) electrons. The number of amides is 1. The number of phenolic OH excluding ortho intramolecular Hbond substituents is 1. The third-order valence-electron chi connectivity index (χ3n) is 2.41. The number of hydrogen-bond donors (Lipinski definition) is 3. The lowest BCUT2D eigenvalue weighted by Gasteiger charge is -2.18. The number of carbonyl (C=O) groups excluding carboxylic acids is 1. The number of nitrogens with one attached hydrogen (secondary N) is 1. The van der Waals surface area contributed by atoms with Crippen LogP contribution in [0.5, 0.6) is 5.75 Å². The minimum absolute atomic E-state index is 0.148. The molecule has 0 saturated heterocycles. The summed E-state index contributed by atoms with van der Waals surface area (Å²) in [5.74, 6) is 0.0180. The predicted octanol–water partition coefficient (Wildman–Crippen LogP) is 0.992. The van der Waals surface area contributed by atoms with Crippen molar-refractivity contribution in [2.45, 2.75) is 26.4 Å². The molecular formula is C12H18N2O2. The number of benzene rings is 1. The van der Waals surface area contributed by atoms with Crippen molar-refractivity contribution >= 4 is 5.91 Å². The number of hydrogen-bond acceptors (Lipinski definition) is 3. The highest BCUT2D eigenvalue weighted by atomic mass is 16.3. The monoisotopic (exact) mass is 222 g/mol. The number of aromatic hydroxyl groups is 1. The lowest BCUT2D eigenvalue weighted by Crippen LogP contribution is -2.44. The van der Waals surface area contributed by atoms with Crippen LogP contribution in [0.1, 0.15) is 19.4 Å². The number of rotatable bonds is 5. The van der Waals surface area contributed by atoms with Crippen LogP contribution >= 0.6 is 0 Å². The molecule has 0 saturated carbocycles. The van der Waals surface area contributed by atoms with Gasteiger partial charge in [-0.15, -0.1) is 0 Å². The van der Waals surface area contributed by atoms with Gasteiger partial charge in [-0.05, 0) is 23.6 Å². The fourth-order valence-electron chi connectivity index (χ4n) is 1.56. The summed E-state index contributed by atoms with van der Waals surface area (Å²) >= 11 is 0. The summed E-state index contributed by atoms with van der Waals surface area (Å²) in [6.07, 6.45) is 0.